The number of benzene rings is 2. The third-order valence-corrected chi connectivity index (χ3v) is 3.02. The van der Waals surface area contributed by atoms with Gasteiger partial charge >= 0.3 is 0 Å². The molecule has 0 atom stereocenters. The molecule has 3 rings (SSSR count). The number of nitrogens with zero attached hydrogens (tertiary/aromatic N) is 2. The van der Waals surface area contributed by atoms with E-state index in [1.165, 1.54) is 12.1 Å². The second-order valence-electron chi connectivity index (χ2n) is 4.30. The molecule has 1 aromatic heterocycles. The quantitative estimate of drug-likeness (QED) is 0.769. The van der Waals surface area contributed by atoms with Crippen molar-refractivity contribution in [2.24, 2.45) is 0 Å². The first-order valence-corrected chi connectivity index (χ1v) is 5.80. The molecule has 0 aliphatic carbocycles. The Balaban J connectivity index is 2.06. The van der Waals surface area contributed by atoms with Crippen molar-refractivity contribution in [1.29, 1.82) is 0 Å². The zero-order valence-corrected chi connectivity index (χ0v) is 9.98. The topological polar surface area (TPSA) is 43.8 Å². The zero-order chi connectivity index (χ0) is 13.4. The van der Waals surface area contributed by atoms with Gasteiger partial charge in [-0.2, -0.15) is 5.10 Å². The van der Waals surface area contributed by atoms with Crippen LogP contribution in [0.3, 0.4) is 0 Å². The van der Waals surface area contributed by atoms with Crippen molar-refractivity contribution in [1.82, 2.24) is 9.78 Å². The van der Waals surface area contributed by atoms with Crippen LogP contribution in [0.2, 0.25) is 0 Å². The van der Waals surface area contributed by atoms with Crippen LogP contribution in [0.25, 0.3) is 10.9 Å². The minimum absolute atomic E-state index is 0.212. The highest BCUT2D eigenvalue weighted by molar-refractivity contribution is 5.89. The average Bonchev–Trinajstić information content (AvgIpc) is 2.71. The number of halogens is 2. The SMILES string of the molecule is Nc1nn(Cc2ccc(F)cc2F)c2ccccc12. The highest BCUT2D eigenvalue weighted by atomic mass is 19.1. The van der Waals surface area contributed by atoms with Crippen LogP contribution < -0.4 is 5.73 Å². The summed E-state index contributed by atoms with van der Waals surface area (Å²) in [6.07, 6.45) is 0. The van der Waals surface area contributed by atoms with Gasteiger partial charge in [-0.15, -0.1) is 0 Å². The number of para-hydroxylation sites is 1. The van der Waals surface area contributed by atoms with E-state index in [4.69, 9.17) is 5.73 Å². The van der Waals surface area contributed by atoms with E-state index in [1.807, 2.05) is 24.3 Å². The summed E-state index contributed by atoms with van der Waals surface area (Å²) in [5, 5.41) is 5.01. The minimum Gasteiger partial charge on any atom is -0.382 e. The fourth-order valence-corrected chi connectivity index (χ4v) is 2.08. The average molecular weight is 259 g/mol. The summed E-state index contributed by atoms with van der Waals surface area (Å²) >= 11 is 0. The molecule has 96 valence electrons. The van der Waals surface area contributed by atoms with Gasteiger partial charge in [-0.1, -0.05) is 18.2 Å². The summed E-state index contributed by atoms with van der Waals surface area (Å²) in [5.41, 5.74) is 7.00. The van der Waals surface area contributed by atoms with E-state index in [2.05, 4.69) is 5.10 Å². The monoisotopic (exact) mass is 259 g/mol. The molecule has 0 aliphatic heterocycles. The Morgan fingerprint density at radius 1 is 1.11 bits per heavy atom. The van der Waals surface area contributed by atoms with Gasteiger partial charge in [-0.3, -0.25) is 4.68 Å². The van der Waals surface area contributed by atoms with Gasteiger partial charge in [0.2, 0.25) is 0 Å². The van der Waals surface area contributed by atoms with E-state index in [-0.39, 0.29) is 6.54 Å². The maximum Gasteiger partial charge on any atom is 0.153 e. The molecule has 0 bridgehead atoms. The largest absolute Gasteiger partial charge is 0.382 e. The predicted octanol–water partition coefficient (Wildman–Crippen LogP) is 2.95. The van der Waals surface area contributed by atoms with Gasteiger partial charge in [0.05, 0.1) is 12.1 Å². The van der Waals surface area contributed by atoms with Crippen LogP contribution in [0.4, 0.5) is 14.6 Å². The van der Waals surface area contributed by atoms with Crippen molar-refractivity contribution in [3.8, 4) is 0 Å². The highest BCUT2D eigenvalue weighted by Crippen LogP contribution is 2.21. The van der Waals surface area contributed by atoms with Crippen LogP contribution in [0.5, 0.6) is 0 Å². The molecule has 0 fully saturated rings. The molecule has 2 aromatic carbocycles. The smallest absolute Gasteiger partial charge is 0.153 e. The molecule has 0 saturated carbocycles. The molecule has 0 aliphatic rings. The molecule has 1 heterocycles. The van der Waals surface area contributed by atoms with Crippen LogP contribution >= 0.6 is 0 Å². The summed E-state index contributed by atoms with van der Waals surface area (Å²) in [6, 6.07) is 11.0. The Kier molecular flexibility index (Phi) is 2.67. The number of nitrogens with two attached hydrogens (primary N) is 1. The first-order valence-electron chi connectivity index (χ1n) is 5.80. The molecular formula is C14H11F2N3. The molecule has 5 heteroatoms. The molecule has 3 nitrogen and oxygen atoms in total. The molecular weight excluding hydrogens is 248 g/mol. The number of fused-ring (bicyclic) bond motifs is 1. The van der Waals surface area contributed by atoms with Crippen LogP contribution in [-0.2, 0) is 6.54 Å². The van der Waals surface area contributed by atoms with Crippen molar-refractivity contribution in [3.05, 3.63) is 59.7 Å². The van der Waals surface area contributed by atoms with Crippen LogP contribution in [-0.4, -0.2) is 9.78 Å². The lowest BCUT2D eigenvalue weighted by molar-refractivity contribution is 0.561. The standard InChI is InChI=1S/C14H11F2N3/c15-10-6-5-9(12(16)7-10)8-19-13-4-2-1-3-11(13)14(17)18-19/h1-7H,8H2,(H2,17,18). The van der Waals surface area contributed by atoms with Gasteiger partial charge in [-0.25, -0.2) is 8.78 Å². The number of anilines is 1. The molecule has 3 aromatic rings. The normalized spacial score (nSPS) is 11.1. The summed E-state index contributed by atoms with van der Waals surface area (Å²) in [5.74, 6) is -0.776. The summed E-state index contributed by atoms with van der Waals surface area (Å²) in [4.78, 5) is 0. The van der Waals surface area contributed by atoms with Crippen molar-refractivity contribution in [3.63, 3.8) is 0 Å². The van der Waals surface area contributed by atoms with Gasteiger partial charge in [0, 0.05) is 17.0 Å². The van der Waals surface area contributed by atoms with E-state index in [9.17, 15) is 8.78 Å². The number of hydrogen-bond acceptors (Lipinski definition) is 2. The molecule has 19 heavy (non-hydrogen) atoms. The first-order chi connectivity index (χ1) is 9.15. The van der Waals surface area contributed by atoms with Crippen molar-refractivity contribution in [2.45, 2.75) is 6.54 Å². The van der Waals surface area contributed by atoms with Gasteiger partial charge in [0.25, 0.3) is 0 Å². The van der Waals surface area contributed by atoms with E-state index >= 15 is 0 Å². The van der Waals surface area contributed by atoms with E-state index in [0.717, 1.165) is 17.0 Å². The Labute approximate surface area is 108 Å². The third kappa shape index (κ3) is 2.03. The maximum absolute atomic E-state index is 13.6. The number of aromatic nitrogens is 2. The van der Waals surface area contributed by atoms with E-state index < -0.39 is 11.6 Å². The minimum atomic E-state index is -0.592. The number of nitrogen functional groups attached to an aromatic ring is 1. The van der Waals surface area contributed by atoms with Gasteiger partial charge in [-0.05, 0) is 18.2 Å². The molecule has 0 radical (unpaired) electrons. The van der Waals surface area contributed by atoms with Crippen LogP contribution in [0.1, 0.15) is 5.56 Å². The second-order valence-corrected chi connectivity index (χ2v) is 4.30. The van der Waals surface area contributed by atoms with Gasteiger partial charge in [0.15, 0.2) is 5.82 Å². The molecule has 0 saturated heterocycles. The number of hydrogen-bond donors (Lipinski definition) is 1. The highest BCUT2D eigenvalue weighted by Gasteiger charge is 2.10. The third-order valence-electron chi connectivity index (χ3n) is 3.02. The molecule has 2 N–H and O–H groups in total. The maximum atomic E-state index is 13.6. The lowest BCUT2D eigenvalue weighted by Gasteiger charge is -2.05. The van der Waals surface area contributed by atoms with Crippen molar-refractivity contribution >= 4 is 16.7 Å². The van der Waals surface area contributed by atoms with E-state index in [1.54, 1.807) is 4.68 Å². The van der Waals surface area contributed by atoms with Gasteiger partial charge in [0.1, 0.15) is 11.6 Å². The predicted molar refractivity (Wildman–Crippen MR) is 69.6 cm³/mol. The van der Waals surface area contributed by atoms with E-state index in [0.29, 0.717) is 11.4 Å². The Morgan fingerprint density at radius 3 is 2.68 bits per heavy atom. The van der Waals surface area contributed by atoms with Crippen LogP contribution in [0, 0.1) is 11.6 Å². The summed E-state index contributed by atoms with van der Waals surface area (Å²) < 4.78 is 28.1. The molecule has 0 unspecified atom stereocenters. The zero-order valence-electron chi connectivity index (χ0n) is 9.98. The molecule has 0 spiro atoms. The second kappa shape index (κ2) is 4.35. The Bertz CT molecular complexity index is 750. The Morgan fingerprint density at radius 2 is 1.89 bits per heavy atom. The van der Waals surface area contributed by atoms with Gasteiger partial charge < -0.3 is 5.73 Å². The van der Waals surface area contributed by atoms with Crippen molar-refractivity contribution < 1.29 is 8.78 Å². The first kappa shape index (κ1) is 11.6. The Hall–Kier alpha value is -2.43. The lowest BCUT2D eigenvalue weighted by Crippen LogP contribution is -2.04. The van der Waals surface area contributed by atoms with Crippen molar-refractivity contribution in [2.75, 3.05) is 5.73 Å². The van der Waals surface area contributed by atoms with Crippen LogP contribution in [0.15, 0.2) is 42.5 Å². The fraction of sp³-hybridized carbons (Fsp3) is 0.0714. The summed E-state index contributed by atoms with van der Waals surface area (Å²) in [6.45, 7) is 0.212. The fourth-order valence-electron chi connectivity index (χ4n) is 2.08. The lowest BCUT2D eigenvalue weighted by atomic mass is 10.2. The molecule has 0 amide bonds. The summed E-state index contributed by atoms with van der Waals surface area (Å²) in [7, 11) is 0. The number of rotatable bonds is 2.